The lowest BCUT2D eigenvalue weighted by Gasteiger charge is -1.92. The zero-order valence-corrected chi connectivity index (χ0v) is 6.12. The minimum atomic E-state index is 0.657. The molecule has 0 fully saturated rings. The first-order valence-corrected chi connectivity index (χ1v) is 3.27. The molecule has 0 heterocycles. The van der Waals surface area contributed by atoms with Gasteiger partial charge in [-0.25, -0.2) is 0 Å². The molecule has 0 atom stereocenters. The molecule has 0 aliphatic rings. The first kappa shape index (κ1) is 8.23. The molecule has 0 radical (unpaired) electrons. The van der Waals surface area contributed by atoms with Gasteiger partial charge in [0.15, 0.2) is 0 Å². The third-order valence-corrected chi connectivity index (χ3v) is 1.03. The fourth-order valence-electron chi connectivity index (χ4n) is 0.585. The smallest absolute Gasteiger partial charge is 0.0467 e. The van der Waals surface area contributed by atoms with Crippen LogP contribution >= 0.6 is 0 Å². The molecule has 0 spiro atoms. The molecule has 0 bridgehead atoms. The van der Waals surface area contributed by atoms with Gasteiger partial charge in [0.05, 0.1) is 0 Å². The van der Waals surface area contributed by atoms with Crippen LogP contribution in [0.25, 0.3) is 0 Å². The molecule has 0 aliphatic carbocycles. The van der Waals surface area contributed by atoms with Gasteiger partial charge in [-0.1, -0.05) is 19.3 Å². The van der Waals surface area contributed by atoms with Crippen molar-refractivity contribution >= 4 is 5.71 Å². The van der Waals surface area contributed by atoms with E-state index >= 15 is 0 Å². The Hall–Kier alpha value is -0.770. The van der Waals surface area contributed by atoms with Crippen molar-refractivity contribution in [1.82, 2.24) is 0 Å². The average molecular weight is 123 g/mol. The summed E-state index contributed by atoms with van der Waals surface area (Å²) >= 11 is 0. The molecule has 0 saturated carbocycles. The monoisotopic (exact) mass is 123 g/mol. The summed E-state index contributed by atoms with van der Waals surface area (Å²) in [6.45, 7) is 3.88. The van der Waals surface area contributed by atoms with Crippen LogP contribution in [0, 0.1) is 17.3 Å². The largest absolute Gasteiger partial charge is 0.309 e. The summed E-state index contributed by atoms with van der Waals surface area (Å²) < 4.78 is 0. The van der Waals surface area contributed by atoms with Crippen LogP contribution in [0.1, 0.15) is 33.1 Å². The van der Waals surface area contributed by atoms with E-state index in [1.54, 1.807) is 6.92 Å². The summed E-state index contributed by atoms with van der Waals surface area (Å²) in [5, 5.41) is 7.29. The predicted octanol–water partition coefficient (Wildman–Crippen LogP) is 2.22. The van der Waals surface area contributed by atoms with Gasteiger partial charge in [0.25, 0.3) is 0 Å². The zero-order valence-electron chi connectivity index (χ0n) is 6.12. The number of hydrogen-bond acceptors (Lipinski definition) is 1. The van der Waals surface area contributed by atoms with Crippen molar-refractivity contribution < 1.29 is 0 Å². The molecular weight excluding hydrogens is 110 g/mol. The van der Waals surface area contributed by atoms with Gasteiger partial charge in [0.1, 0.15) is 0 Å². The minimum Gasteiger partial charge on any atom is -0.309 e. The molecule has 1 heteroatoms. The normalized spacial score (nSPS) is 7.78. The van der Waals surface area contributed by atoms with Crippen LogP contribution < -0.4 is 0 Å². The van der Waals surface area contributed by atoms with E-state index in [0.29, 0.717) is 6.42 Å². The Labute approximate surface area is 57.0 Å². The summed E-state index contributed by atoms with van der Waals surface area (Å²) in [6.07, 6.45) is 2.61. The average Bonchev–Trinajstić information content (AvgIpc) is 1.85. The molecular formula is C8H13N. The molecule has 0 aliphatic heterocycles. The van der Waals surface area contributed by atoms with Gasteiger partial charge in [0, 0.05) is 12.1 Å². The van der Waals surface area contributed by atoms with Crippen molar-refractivity contribution in [3.63, 3.8) is 0 Å². The maximum absolute atomic E-state index is 7.29. The lowest BCUT2D eigenvalue weighted by Crippen LogP contribution is -1.91. The Balaban J connectivity index is 3.35. The molecule has 50 valence electrons. The van der Waals surface area contributed by atoms with Gasteiger partial charge in [0.2, 0.25) is 0 Å². The van der Waals surface area contributed by atoms with Crippen LogP contribution in [0.3, 0.4) is 0 Å². The highest BCUT2D eigenvalue weighted by Gasteiger charge is 1.88. The second-order valence-corrected chi connectivity index (χ2v) is 1.96. The van der Waals surface area contributed by atoms with Gasteiger partial charge < -0.3 is 5.41 Å². The van der Waals surface area contributed by atoms with Crippen molar-refractivity contribution in [2.45, 2.75) is 33.1 Å². The predicted molar refractivity (Wildman–Crippen MR) is 40.7 cm³/mol. The van der Waals surface area contributed by atoms with E-state index in [-0.39, 0.29) is 0 Å². The Morgan fingerprint density at radius 3 is 2.67 bits per heavy atom. The molecule has 0 saturated heterocycles. The van der Waals surface area contributed by atoms with Crippen molar-refractivity contribution in [3.05, 3.63) is 0 Å². The first-order chi connectivity index (χ1) is 4.31. The summed E-state index contributed by atoms with van der Waals surface area (Å²) in [5.41, 5.74) is 0.756. The summed E-state index contributed by atoms with van der Waals surface area (Å²) in [7, 11) is 0. The van der Waals surface area contributed by atoms with Crippen LogP contribution in [0.2, 0.25) is 0 Å². The fourth-order valence-corrected chi connectivity index (χ4v) is 0.585. The number of hydrogen-bond donors (Lipinski definition) is 1. The molecule has 0 aromatic heterocycles. The van der Waals surface area contributed by atoms with Crippen molar-refractivity contribution in [1.29, 1.82) is 5.41 Å². The second-order valence-electron chi connectivity index (χ2n) is 1.96. The third kappa shape index (κ3) is 5.10. The zero-order chi connectivity index (χ0) is 7.11. The van der Waals surface area contributed by atoms with Gasteiger partial charge in [-0.15, -0.1) is 5.92 Å². The van der Waals surface area contributed by atoms with E-state index in [1.807, 2.05) is 0 Å². The first-order valence-electron chi connectivity index (χ1n) is 3.27. The molecule has 1 N–H and O–H groups in total. The van der Waals surface area contributed by atoms with E-state index in [2.05, 4.69) is 18.8 Å². The van der Waals surface area contributed by atoms with Crippen LogP contribution in [-0.4, -0.2) is 5.71 Å². The number of rotatable bonds is 3. The lowest BCUT2D eigenvalue weighted by atomic mass is 10.2. The maximum atomic E-state index is 7.29. The van der Waals surface area contributed by atoms with Crippen LogP contribution in [-0.2, 0) is 0 Å². The third-order valence-electron chi connectivity index (χ3n) is 1.03. The minimum absolute atomic E-state index is 0.657. The molecule has 0 aromatic rings. The Kier molecular flexibility index (Phi) is 4.91. The highest BCUT2D eigenvalue weighted by Crippen LogP contribution is 1.92. The second kappa shape index (κ2) is 5.37. The molecule has 1 nitrogen and oxygen atoms in total. The number of nitrogens with one attached hydrogen (secondary N) is 1. The quantitative estimate of drug-likeness (QED) is 0.439. The van der Waals surface area contributed by atoms with Crippen LogP contribution in [0.5, 0.6) is 0 Å². The summed E-state index contributed by atoms with van der Waals surface area (Å²) in [6, 6.07) is 0. The van der Waals surface area contributed by atoms with Crippen molar-refractivity contribution in [2.75, 3.05) is 0 Å². The van der Waals surface area contributed by atoms with Gasteiger partial charge >= 0.3 is 0 Å². The van der Waals surface area contributed by atoms with Crippen LogP contribution in [0.4, 0.5) is 0 Å². The van der Waals surface area contributed by atoms with Crippen LogP contribution in [0.15, 0.2) is 0 Å². The highest BCUT2D eigenvalue weighted by atomic mass is 14.4. The highest BCUT2D eigenvalue weighted by molar-refractivity contribution is 5.83. The standard InChI is InChI=1S/C8H13N/c1-3-5-7-8(9)6-4-2/h9H,4,6-7H2,1-2H3. The SMILES string of the molecule is CC#CCC(=N)CCC. The fraction of sp³-hybridized carbons (Fsp3) is 0.625. The molecule has 0 amide bonds. The topological polar surface area (TPSA) is 23.9 Å². The Morgan fingerprint density at radius 2 is 2.22 bits per heavy atom. The van der Waals surface area contributed by atoms with E-state index < -0.39 is 0 Å². The van der Waals surface area contributed by atoms with E-state index in [9.17, 15) is 0 Å². The van der Waals surface area contributed by atoms with E-state index in [1.165, 1.54) is 0 Å². The Morgan fingerprint density at radius 1 is 1.56 bits per heavy atom. The van der Waals surface area contributed by atoms with E-state index in [4.69, 9.17) is 5.41 Å². The molecule has 0 aromatic carbocycles. The van der Waals surface area contributed by atoms with Gasteiger partial charge in [-0.05, 0) is 13.3 Å². The van der Waals surface area contributed by atoms with Crippen molar-refractivity contribution in [2.24, 2.45) is 0 Å². The summed E-state index contributed by atoms with van der Waals surface area (Å²) in [4.78, 5) is 0. The lowest BCUT2D eigenvalue weighted by molar-refractivity contribution is 0.972. The summed E-state index contributed by atoms with van der Waals surface area (Å²) in [5.74, 6) is 5.62. The Bertz CT molecular complexity index is 136. The molecule has 0 unspecified atom stereocenters. The maximum Gasteiger partial charge on any atom is 0.0467 e. The van der Waals surface area contributed by atoms with Crippen molar-refractivity contribution in [3.8, 4) is 11.8 Å². The molecule has 9 heavy (non-hydrogen) atoms. The van der Waals surface area contributed by atoms with Gasteiger partial charge in [-0.2, -0.15) is 0 Å². The molecule has 0 rings (SSSR count). The van der Waals surface area contributed by atoms with E-state index in [0.717, 1.165) is 18.6 Å². The van der Waals surface area contributed by atoms with Gasteiger partial charge in [-0.3, -0.25) is 0 Å².